The highest BCUT2D eigenvalue weighted by Gasteiger charge is 2.18. The zero-order valence-corrected chi connectivity index (χ0v) is 12.0. The van der Waals surface area contributed by atoms with Crippen molar-refractivity contribution in [2.45, 2.75) is 11.4 Å². The molecule has 0 aliphatic rings. The quantitative estimate of drug-likeness (QED) is 0.609. The lowest BCUT2D eigenvalue weighted by Gasteiger charge is -2.06. The fourth-order valence-electron chi connectivity index (χ4n) is 2.14. The van der Waals surface area contributed by atoms with E-state index in [1.165, 1.54) is 6.20 Å². The number of nitrogens with zero attached hydrogens (tertiary/aromatic N) is 2. The highest BCUT2D eigenvalue weighted by molar-refractivity contribution is 7.89. The summed E-state index contributed by atoms with van der Waals surface area (Å²) in [5, 5.41) is 0.588. The first-order chi connectivity index (χ1) is 10.1. The first-order valence-electron chi connectivity index (χ1n) is 6.38. The second kappa shape index (κ2) is 5.23. The van der Waals surface area contributed by atoms with Gasteiger partial charge >= 0.3 is 0 Å². The number of aromatic amines is 1. The first kappa shape index (κ1) is 13.7. The monoisotopic (exact) mass is 305 g/mol. The Morgan fingerprint density at radius 1 is 1.38 bits per heavy atom. The summed E-state index contributed by atoms with van der Waals surface area (Å²) in [6, 6.07) is 5.13. The van der Waals surface area contributed by atoms with Crippen LogP contribution >= 0.6 is 0 Å². The molecule has 0 radical (unpaired) electrons. The maximum absolute atomic E-state index is 12.4. The van der Waals surface area contributed by atoms with Crippen molar-refractivity contribution in [2.75, 3.05) is 12.3 Å². The molecule has 0 atom stereocenters. The van der Waals surface area contributed by atoms with Crippen molar-refractivity contribution >= 4 is 26.6 Å². The number of anilines is 1. The minimum Gasteiger partial charge on any atom is -0.399 e. The predicted octanol–water partition coefficient (Wildman–Crippen LogP) is 0.925. The number of rotatable bonds is 5. The molecule has 2 aromatic heterocycles. The summed E-state index contributed by atoms with van der Waals surface area (Å²) in [4.78, 5) is 7.04. The molecule has 1 aromatic carbocycles. The molecule has 0 saturated heterocycles. The van der Waals surface area contributed by atoms with Crippen molar-refractivity contribution in [3.05, 3.63) is 43.1 Å². The maximum atomic E-state index is 12.4. The Balaban J connectivity index is 1.81. The average molecular weight is 305 g/mol. The van der Waals surface area contributed by atoms with Gasteiger partial charge in [-0.1, -0.05) is 0 Å². The van der Waals surface area contributed by atoms with Crippen LogP contribution in [0.4, 0.5) is 5.69 Å². The van der Waals surface area contributed by atoms with Crippen LogP contribution in [0.1, 0.15) is 0 Å². The van der Waals surface area contributed by atoms with E-state index in [2.05, 4.69) is 14.7 Å². The molecule has 3 rings (SSSR count). The molecule has 7 nitrogen and oxygen atoms in total. The van der Waals surface area contributed by atoms with Gasteiger partial charge in [0.15, 0.2) is 0 Å². The molecule has 0 bridgehead atoms. The number of H-pyrrole nitrogens is 1. The lowest BCUT2D eigenvalue weighted by molar-refractivity contribution is 0.573. The lowest BCUT2D eigenvalue weighted by Crippen LogP contribution is -2.27. The topological polar surface area (TPSA) is 106 Å². The largest absolute Gasteiger partial charge is 0.399 e. The molecule has 0 fully saturated rings. The number of aromatic nitrogens is 3. The number of nitrogens with one attached hydrogen (secondary N) is 2. The molecule has 3 aromatic rings. The van der Waals surface area contributed by atoms with Crippen LogP contribution < -0.4 is 10.5 Å². The van der Waals surface area contributed by atoms with Crippen LogP contribution in [0.15, 0.2) is 48.0 Å². The first-order valence-corrected chi connectivity index (χ1v) is 7.86. The molecule has 2 heterocycles. The highest BCUT2D eigenvalue weighted by atomic mass is 32.2. The van der Waals surface area contributed by atoms with Gasteiger partial charge in [-0.05, 0) is 18.2 Å². The molecule has 8 heteroatoms. The van der Waals surface area contributed by atoms with Gasteiger partial charge in [-0.15, -0.1) is 0 Å². The minimum atomic E-state index is -3.58. The van der Waals surface area contributed by atoms with Crippen LogP contribution in [0.5, 0.6) is 0 Å². The summed E-state index contributed by atoms with van der Waals surface area (Å²) in [6.07, 6.45) is 6.54. The Labute approximate surface area is 121 Å². The van der Waals surface area contributed by atoms with Gasteiger partial charge in [0.1, 0.15) is 4.90 Å². The normalized spacial score (nSPS) is 12.0. The fraction of sp³-hybridized carbons (Fsp3) is 0.154. The summed E-state index contributed by atoms with van der Waals surface area (Å²) < 4.78 is 29.1. The van der Waals surface area contributed by atoms with Crippen molar-refractivity contribution in [3.63, 3.8) is 0 Å². The van der Waals surface area contributed by atoms with Crippen LogP contribution in [0.2, 0.25) is 0 Å². The van der Waals surface area contributed by atoms with E-state index >= 15 is 0 Å². The Morgan fingerprint density at radius 3 is 3.00 bits per heavy atom. The number of hydrogen-bond acceptors (Lipinski definition) is 4. The summed E-state index contributed by atoms with van der Waals surface area (Å²) in [6.45, 7) is 0.803. The predicted molar refractivity (Wildman–Crippen MR) is 80.1 cm³/mol. The molecule has 21 heavy (non-hydrogen) atoms. The number of hydrogen-bond donors (Lipinski definition) is 3. The second-order valence-electron chi connectivity index (χ2n) is 4.66. The van der Waals surface area contributed by atoms with E-state index in [-0.39, 0.29) is 11.4 Å². The third kappa shape index (κ3) is 2.76. The van der Waals surface area contributed by atoms with Crippen LogP contribution in [0, 0.1) is 0 Å². The molecule has 4 N–H and O–H groups in total. The molecule has 0 spiro atoms. The van der Waals surface area contributed by atoms with Crippen molar-refractivity contribution in [1.82, 2.24) is 19.3 Å². The Hall–Kier alpha value is -2.32. The molecule has 0 unspecified atom stereocenters. The van der Waals surface area contributed by atoms with Crippen LogP contribution in [0.25, 0.3) is 10.9 Å². The molecular formula is C13H15N5O2S. The van der Waals surface area contributed by atoms with Gasteiger partial charge in [0.2, 0.25) is 10.0 Å². The SMILES string of the molecule is Nc1ccc2[nH]cc(S(=O)(=O)NCCn3ccnc3)c2c1. The van der Waals surface area contributed by atoms with Gasteiger partial charge in [-0.25, -0.2) is 18.1 Å². The molecule has 0 aliphatic carbocycles. The third-order valence-electron chi connectivity index (χ3n) is 3.18. The smallest absolute Gasteiger partial charge is 0.242 e. The van der Waals surface area contributed by atoms with E-state index in [1.807, 2.05) is 0 Å². The van der Waals surface area contributed by atoms with E-state index in [1.54, 1.807) is 41.5 Å². The van der Waals surface area contributed by atoms with Crippen molar-refractivity contribution in [1.29, 1.82) is 0 Å². The Morgan fingerprint density at radius 2 is 2.24 bits per heavy atom. The third-order valence-corrected chi connectivity index (χ3v) is 4.68. The van der Waals surface area contributed by atoms with Crippen LogP contribution in [-0.2, 0) is 16.6 Å². The van der Waals surface area contributed by atoms with E-state index in [0.717, 1.165) is 5.52 Å². The number of imidazole rings is 1. The zero-order chi connectivity index (χ0) is 14.9. The van der Waals surface area contributed by atoms with E-state index in [0.29, 0.717) is 17.6 Å². The van der Waals surface area contributed by atoms with Gasteiger partial charge < -0.3 is 15.3 Å². The van der Waals surface area contributed by atoms with Gasteiger partial charge in [0.05, 0.1) is 6.33 Å². The standard InChI is InChI=1S/C13H15N5O2S/c14-10-1-2-12-11(7-10)13(8-16-12)21(19,20)17-4-6-18-5-3-15-9-18/h1-3,5,7-9,16-17H,4,6,14H2. The van der Waals surface area contributed by atoms with Crippen molar-refractivity contribution in [2.24, 2.45) is 0 Å². The minimum absolute atomic E-state index is 0.204. The molecule has 0 amide bonds. The molecule has 110 valence electrons. The number of benzene rings is 1. The number of nitrogens with two attached hydrogens (primary N) is 1. The lowest BCUT2D eigenvalue weighted by atomic mass is 10.2. The summed E-state index contributed by atoms with van der Waals surface area (Å²) in [5.74, 6) is 0. The van der Waals surface area contributed by atoms with Crippen LogP contribution in [-0.4, -0.2) is 29.5 Å². The Bertz CT molecular complexity index is 852. The van der Waals surface area contributed by atoms with Gasteiger partial charge in [0.25, 0.3) is 0 Å². The maximum Gasteiger partial charge on any atom is 0.242 e. The summed E-state index contributed by atoms with van der Waals surface area (Å²) in [5.41, 5.74) is 6.98. The van der Waals surface area contributed by atoms with Crippen molar-refractivity contribution < 1.29 is 8.42 Å². The highest BCUT2D eigenvalue weighted by Crippen LogP contribution is 2.24. The van der Waals surface area contributed by atoms with Crippen molar-refractivity contribution in [3.8, 4) is 0 Å². The fourth-order valence-corrected chi connectivity index (χ4v) is 3.33. The number of nitrogen functional groups attached to an aromatic ring is 1. The van der Waals surface area contributed by atoms with Crippen LogP contribution in [0.3, 0.4) is 0 Å². The summed E-state index contributed by atoms with van der Waals surface area (Å²) >= 11 is 0. The van der Waals surface area contributed by atoms with Gasteiger partial charge in [-0.2, -0.15) is 0 Å². The summed E-state index contributed by atoms with van der Waals surface area (Å²) in [7, 11) is -3.58. The molecular weight excluding hydrogens is 290 g/mol. The van der Waals surface area contributed by atoms with Gasteiger partial charge in [0, 0.05) is 48.3 Å². The van der Waals surface area contributed by atoms with E-state index in [9.17, 15) is 8.42 Å². The van der Waals surface area contributed by atoms with Gasteiger partial charge in [-0.3, -0.25) is 0 Å². The zero-order valence-electron chi connectivity index (χ0n) is 11.2. The van der Waals surface area contributed by atoms with E-state index < -0.39 is 10.0 Å². The second-order valence-corrected chi connectivity index (χ2v) is 6.39. The average Bonchev–Trinajstić information content (AvgIpc) is 3.07. The molecule has 0 saturated carbocycles. The number of sulfonamides is 1. The molecule has 0 aliphatic heterocycles. The Kier molecular flexibility index (Phi) is 3.40. The number of fused-ring (bicyclic) bond motifs is 1. The van der Waals surface area contributed by atoms with E-state index in [4.69, 9.17) is 5.73 Å².